The third kappa shape index (κ3) is 2.82. The van der Waals surface area contributed by atoms with E-state index in [4.69, 9.17) is 9.84 Å². The molecule has 2 aromatic rings. The van der Waals surface area contributed by atoms with Crippen molar-refractivity contribution in [3.05, 3.63) is 24.3 Å². The van der Waals surface area contributed by atoms with Gasteiger partial charge in [0.2, 0.25) is 0 Å². The molecule has 1 aliphatic rings. The Balaban J connectivity index is 1.91. The van der Waals surface area contributed by atoms with E-state index in [-0.39, 0.29) is 12.4 Å². The number of fused-ring (bicyclic) bond motifs is 1. The van der Waals surface area contributed by atoms with E-state index < -0.39 is 5.82 Å². The highest BCUT2D eigenvalue weighted by molar-refractivity contribution is 5.90. The first-order chi connectivity index (χ1) is 10.7. The Morgan fingerprint density at radius 2 is 2.00 bits per heavy atom. The Hall–Kier alpha value is -1.99. The number of aromatic nitrogens is 2. The highest BCUT2D eigenvalue weighted by Crippen LogP contribution is 2.29. The number of aliphatic hydroxyl groups excluding tert-OH is 1. The fourth-order valence-corrected chi connectivity index (χ4v) is 2.78. The van der Waals surface area contributed by atoms with Crippen molar-refractivity contribution in [2.45, 2.75) is 0 Å². The van der Waals surface area contributed by atoms with Gasteiger partial charge in [0.1, 0.15) is 12.1 Å². The van der Waals surface area contributed by atoms with Gasteiger partial charge in [-0.3, -0.25) is 4.90 Å². The molecule has 1 saturated heterocycles. The Morgan fingerprint density at radius 1 is 1.23 bits per heavy atom. The molecule has 0 radical (unpaired) electrons. The van der Waals surface area contributed by atoms with Crippen molar-refractivity contribution < 1.29 is 14.2 Å². The molecule has 0 saturated carbocycles. The minimum Gasteiger partial charge on any atom is -0.494 e. The molecule has 0 spiro atoms. The lowest BCUT2D eigenvalue weighted by Crippen LogP contribution is -2.47. The van der Waals surface area contributed by atoms with Crippen LogP contribution in [-0.2, 0) is 0 Å². The Morgan fingerprint density at radius 3 is 2.68 bits per heavy atom. The molecule has 22 heavy (non-hydrogen) atoms. The number of aliphatic hydroxyl groups is 1. The van der Waals surface area contributed by atoms with Gasteiger partial charge in [0, 0.05) is 44.2 Å². The quantitative estimate of drug-likeness (QED) is 0.905. The number of methoxy groups -OCH3 is 1. The molecule has 118 valence electrons. The minimum atomic E-state index is -0.424. The number of anilines is 1. The number of piperazine rings is 1. The summed E-state index contributed by atoms with van der Waals surface area (Å²) in [6.45, 7) is 4.22. The van der Waals surface area contributed by atoms with Gasteiger partial charge in [-0.05, 0) is 6.07 Å². The maximum absolute atomic E-state index is 13.8. The van der Waals surface area contributed by atoms with Crippen LogP contribution in [0.5, 0.6) is 5.75 Å². The molecule has 0 aliphatic carbocycles. The van der Waals surface area contributed by atoms with Crippen molar-refractivity contribution in [1.29, 1.82) is 0 Å². The molecule has 3 rings (SSSR count). The molecule has 1 aromatic carbocycles. The molecule has 6 nitrogen and oxygen atoms in total. The van der Waals surface area contributed by atoms with Crippen molar-refractivity contribution >= 4 is 16.7 Å². The molecule has 0 amide bonds. The zero-order valence-corrected chi connectivity index (χ0v) is 12.5. The summed E-state index contributed by atoms with van der Waals surface area (Å²) in [5.74, 6) is 0.571. The number of nitrogens with zero attached hydrogens (tertiary/aromatic N) is 4. The standard InChI is InChI=1S/C15H19FN4O2/c1-22-14-8-11-13(9-12(14)16)17-10-18-15(11)20-4-2-19(3-5-20)6-7-21/h8-10,21H,2-7H2,1H3. The second-order valence-electron chi connectivity index (χ2n) is 5.25. The molecular weight excluding hydrogens is 287 g/mol. The van der Waals surface area contributed by atoms with Crippen LogP contribution in [0, 0.1) is 5.82 Å². The van der Waals surface area contributed by atoms with Gasteiger partial charge < -0.3 is 14.7 Å². The summed E-state index contributed by atoms with van der Waals surface area (Å²) in [7, 11) is 1.45. The molecular formula is C15H19FN4O2. The van der Waals surface area contributed by atoms with Gasteiger partial charge in [0.05, 0.1) is 19.2 Å². The molecule has 1 N–H and O–H groups in total. The number of halogens is 1. The van der Waals surface area contributed by atoms with E-state index in [1.807, 2.05) is 0 Å². The van der Waals surface area contributed by atoms with Crippen molar-refractivity contribution in [3.8, 4) is 5.75 Å². The average molecular weight is 306 g/mol. The molecule has 0 unspecified atom stereocenters. The lowest BCUT2D eigenvalue weighted by molar-refractivity contribution is 0.188. The van der Waals surface area contributed by atoms with Crippen molar-refractivity contribution in [2.24, 2.45) is 0 Å². The molecule has 0 atom stereocenters. The summed E-state index contributed by atoms with van der Waals surface area (Å²) >= 11 is 0. The molecule has 2 heterocycles. The number of β-amino-alcohol motifs (C(OH)–C–C–N with tert-alkyl or cyclic N) is 1. The number of hydrogen-bond acceptors (Lipinski definition) is 6. The lowest BCUT2D eigenvalue weighted by Gasteiger charge is -2.35. The summed E-state index contributed by atoms with van der Waals surface area (Å²) < 4.78 is 18.9. The predicted molar refractivity (Wildman–Crippen MR) is 81.8 cm³/mol. The van der Waals surface area contributed by atoms with E-state index in [0.29, 0.717) is 12.1 Å². The number of hydrogen-bond donors (Lipinski definition) is 1. The van der Waals surface area contributed by atoms with E-state index in [1.54, 1.807) is 6.07 Å². The second-order valence-corrected chi connectivity index (χ2v) is 5.25. The lowest BCUT2D eigenvalue weighted by atomic mass is 10.2. The highest BCUT2D eigenvalue weighted by atomic mass is 19.1. The second kappa shape index (κ2) is 6.41. The van der Waals surface area contributed by atoms with Crippen LogP contribution in [0.2, 0.25) is 0 Å². The van der Waals surface area contributed by atoms with Gasteiger partial charge in [-0.2, -0.15) is 0 Å². The SMILES string of the molecule is COc1cc2c(N3CCN(CCO)CC3)ncnc2cc1F. The van der Waals surface area contributed by atoms with Crippen LogP contribution in [0.4, 0.5) is 10.2 Å². The van der Waals surface area contributed by atoms with Crippen LogP contribution < -0.4 is 9.64 Å². The minimum absolute atomic E-state index is 0.174. The van der Waals surface area contributed by atoms with Gasteiger partial charge in [0.25, 0.3) is 0 Å². The largest absolute Gasteiger partial charge is 0.494 e. The van der Waals surface area contributed by atoms with E-state index in [2.05, 4.69) is 19.8 Å². The topological polar surface area (TPSA) is 61.7 Å². The summed E-state index contributed by atoms with van der Waals surface area (Å²) in [6.07, 6.45) is 1.46. The van der Waals surface area contributed by atoms with E-state index in [0.717, 1.165) is 37.4 Å². The Bertz CT molecular complexity index is 659. The summed E-state index contributed by atoms with van der Waals surface area (Å²) in [5.41, 5.74) is 0.570. The van der Waals surface area contributed by atoms with E-state index in [1.165, 1.54) is 19.5 Å². The third-order valence-corrected chi connectivity index (χ3v) is 3.98. The van der Waals surface area contributed by atoms with Crippen molar-refractivity contribution in [2.75, 3.05) is 51.3 Å². The van der Waals surface area contributed by atoms with Gasteiger partial charge in [-0.1, -0.05) is 0 Å². The van der Waals surface area contributed by atoms with Crippen LogP contribution in [0.25, 0.3) is 10.9 Å². The first-order valence-electron chi connectivity index (χ1n) is 7.29. The average Bonchev–Trinajstić information content (AvgIpc) is 2.54. The maximum Gasteiger partial charge on any atom is 0.167 e. The zero-order valence-electron chi connectivity index (χ0n) is 12.5. The van der Waals surface area contributed by atoms with E-state index >= 15 is 0 Å². The van der Waals surface area contributed by atoms with Gasteiger partial charge in [0.15, 0.2) is 11.6 Å². The number of ether oxygens (including phenoxy) is 1. The number of rotatable bonds is 4. The normalized spacial score (nSPS) is 16.2. The summed E-state index contributed by atoms with van der Waals surface area (Å²) in [4.78, 5) is 12.9. The predicted octanol–water partition coefficient (Wildman–Crippen LogP) is 0.892. The van der Waals surface area contributed by atoms with Crippen LogP contribution in [-0.4, -0.2) is 66.4 Å². The molecule has 7 heteroatoms. The zero-order chi connectivity index (χ0) is 15.5. The summed E-state index contributed by atoms with van der Waals surface area (Å²) in [5, 5.41) is 9.79. The smallest absolute Gasteiger partial charge is 0.167 e. The molecule has 1 fully saturated rings. The molecule has 1 aromatic heterocycles. The van der Waals surface area contributed by atoms with E-state index in [9.17, 15) is 4.39 Å². The van der Waals surface area contributed by atoms with Crippen molar-refractivity contribution in [3.63, 3.8) is 0 Å². The first-order valence-corrected chi connectivity index (χ1v) is 7.29. The Labute approximate surface area is 128 Å². The summed E-state index contributed by atoms with van der Waals surface area (Å²) in [6, 6.07) is 3.03. The first kappa shape index (κ1) is 14.9. The van der Waals surface area contributed by atoms with Gasteiger partial charge in [-0.15, -0.1) is 0 Å². The maximum atomic E-state index is 13.8. The fourth-order valence-electron chi connectivity index (χ4n) is 2.78. The van der Waals surface area contributed by atoms with Gasteiger partial charge in [-0.25, -0.2) is 14.4 Å². The Kier molecular flexibility index (Phi) is 4.35. The van der Waals surface area contributed by atoms with Gasteiger partial charge >= 0.3 is 0 Å². The fraction of sp³-hybridized carbons (Fsp3) is 0.467. The monoisotopic (exact) mass is 306 g/mol. The van der Waals surface area contributed by atoms with Crippen molar-refractivity contribution in [1.82, 2.24) is 14.9 Å². The number of benzene rings is 1. The van der Waals surface area contributed by atoms with Crippen LogP contribution >= 0.6 is 0 Å². The third-order valence-electron chi connectivity index (χ3n) is 3.98. The highest BCUT2D eigenvalue weighted by Gasteiger charge is 2.20. The van der Waals surface area contributed by atoms with Crippen LogP contribution in [0.3, 0.4) is 0 Å². The van der Waals surface area contributed by atoms with Crippen LogP contribution in [0.1, 0.15) is 0 Å². The molecule has 0 bridgehead atoms. The molecule has 1 aliphatic heterocycles. The van der Waals surface area contributed by atoms with Crippen LogP contribution in [0.15, 0.2) is 18.5 Å².